The van der Waals surface area contributed by atoms with Gasteiger partial charge in [0.1, 0.15) is 6.54 Å². The van der Waals surface area contributed by atoms with Gasteiger partial charge in [0.2, 0.25) is 5.91 Å². The van der Waals surface area contributed by atoms with Crippen LogP contribution in [-0.4, -0.2) is 51.8 Å². The molecule has 186 valence electrons. The highest BCUT2D eigenvalue weighted by atomic mass is 32.2. The Morgan fingerprint density at radius 3 is 2.22 bits per heavy atom. The fourth-order valence-electron chi connectivity index (χ4n) is 3.20. The van der Waals surface area contributed by atoms with E-state index in [-0.39, 0.29) is 5.25 Å². The van der Waals surface area contributed by atoms with Crippen molar-refractivity contribution in [2.24, 2.45) is 5.73 Å². The van der Waals surface area contributed by atoms with Crippen molar-refractivity contribution in [1.29, 1.82) is 0 Å². The van der Waals surface area contributed by atoms with E-state index in [1.165, 1.54) is 63.1 Å². The van der Waals surface area contributed by atoms with Crippen LogP contribution in [0, 0.1) is 0 Å². The largest absolute Gasteiger partial charge is 0.480 e. The van der Waals surface area contributed by atoms with E-state index in [0.29, 0.717) is 12.2 Å². The molecule has 0 rings (SSSR count). The number of aliphatic carboxylic acids is 1. The summed E-state index contributed by atoms with van der Waals surface area (Å²) in [5.74, 6) is -1.28. The minimum Gasteiger partial charge on any atom is -0.480 e. The topological polar surface area (TPSA) is 113 Å². The van der Waals surface area contributed by atoms with Gasteiger partial charge in [-0.2, -0.15) is 0 Å². The number of carboxylic acids is 1. The van der Waals surface area contributed by atoms with Crippen LogP contribution >= 0.6 is 11.8 Å². The van der Waals surface area contributed by atoms with E-state index in [1.807, 2.05) is 18.2 Å². The lowest BCUT2D eigenvalue weighted by molar-refractivity contribution is -0.138. The molecule has 7 heteroatoms. The SMILES string of the molecule is CCCCCCCCCCC=CC=C[C@@H](SCC(N)C(=O)NCC(=O)O)[C@@H](O)CCCC. The van der Waals surface area contributed by atoms with Crippen molar-refractivity contribution < 1.29 is 19.8 Å². The first-order valence-corrected chi connectivity index (χ1v) is 13.3. The number of unbranched alkanes of at least 4 members (excludes halogenated alkanes) is 9. The van der Waals surface area contributed by atoms with Crippen molar-refractivity contribution in [1.82, 2.24) is 5.32 Å². The van der Waals surface area contributed by atoms with Crippen molar-refractivity contribution in [3.8, 4) is 0 Å². The summed E-state index contributed by atoms with van der Waals surface area (Å²) < 4.78 is 0. The summed E-state index contributed by atoms with van der Waals surface area (Å²) in [7, 11) is 0. The van der Waals surface area contributed by atoms with Gasteiger partial charge in [-0.05, 0) is 19.3 Å². The highest BCUT2D eigenvalue weighted by Crippen LogP contribution is 2.21. The molecule has 0 aliphatic heterocycles. The van der Waals surface area contributed by atoms with Gasteiger partial charge in [0, 0.05) is 11.0 Å². The summed E-state index contributed by atoms with van der Waals surface area (Å²) in [6.45, 7) is 3.89. The first-order chi connectivity index (χ1) is 15.4. The number of thioether (sulfide) groups is 1. The molecule has 0 spiro atoms. The molecule has 0 radical (unpaired) electrons. The van der Waals surface area contributed by atoms with Gasteiger partial charge in [-0.3, -0.25) is 9.59 Å². The molecule has 1 unspecified atom stereocenters. The summed E-state index contributed by atoms with van der Waals surface area (Å²) in [6.07, 6.45) is 21.8. The second kappa shape index (κ2) is 21.5. The lowest BCUT2D eigenvalue weighted by Crippen LogP contribution is -2.44. The number of carboxylic acid groups (broad SMARTS) is 1. The van der Waals surface area contributed by atoms with Gasteiger partial charge in [-0.15, -0.1) is 11.8 Å². The maximum absolute atomic E-state index is 11.9. The maximum Gasteiger partial charge on any atom is 0.322 e. The predicted octanol–water partition coefficient (Wildman–Crippen LogP) is 4.81. The number of nitrogens with two attached hydrogens (primary N) is 1. The van der Waals surface area contributed by atoms with Crippen molar-refractivity contribution in [3.05, 3.63) is 24.3 Å². The molecule has 0 heterocycles. The van der Waals surface area contributed by atoms with Gasteiger partial charge in [0.05, 0.1) is 12.1 Å². The van der Waals surface area contributed by atoms with Crippen LogP contribution in [0.4, 0.5) is 0 Å². The smallest absolute Gasteiger partial charge is 0.322 e. The number of hydrogen-bond acceptors (Lipinski definition) is 5. The van der Waals surface area contributed by atoms with Gasteiger partial charge >= 0.3 is 5.97 Å². The van der Waals surface area contributed by atoms with Gasteiger partial charge in [0.15, 0.2) is 0 Å². The zero-order valence-corrected chi connectivity index (χ0v) is 21.0. The average Bonchev–Trinajstić information content (AvgIpc) is 2.78. The van der Waals surface area contributed by atoms with Crippen LogP contribution in [0.25, 0.3) is 0 Å². The number of carbonyl (C=O) groups is 2. The summed E-state index contributed by atoms with van der Waals surface area (Å²) in [5.41, 5.74) is 5.87. The Labute approximate surface area is 199 Å². The molecule has 32 heavy (non-hydrogen) atoms. The molecule has 0 aliphatic rings. The highest BCUT2D eigenvalue weighted by molar-refractivity contribution is 8.00. The number of nitrogens with one attached hydrogen (secondary N) is 1. The van der Waals surface area contributed by atoms with E-state index in [1.54, 1.807) is 0 Å². The maximum atomic E-state index is 11.9. The molecular weight excluding hydrogens is 424 g/mol. The van der Waals surface area contributed by atoms with E-state index >= 15 is 0 Å². The van der Waals surface area contributed by atoms with Crippen LogP contribution < -0.4 is 11.1 Å². The first-order valence-electron chi connectivity index (χ1n) is 12.3. The second-order valence-electron chi connectivity index (χ2n) is 8.30. The summed E-state index contributed by atoms with van der Waals surface area (Å²) >= 11 is 1.43. The Balaban J connectivity index is 4.35. The van der Waals surface area contributed by atoms with Crippen molar-refractivity contribution >= 4 is 23.6 Å². The van der Waals surface area contributed by atoms with Crippen LogP contribution in [0.1, 0.15) is 90.9 Å². The number of aliphatic hydroxyl groups is 1. The van der Waals surface area contributed by atoms with Gasteiger partial charge in [-0.25, -0.2) is 0 Å². The molecule has 5 N–H and O–H groups in total. The molecule has 0 aromatic heterocycles. The Bertz CT molecular complexity index is 540. The molecule has 1 amide bonds. The molecule has 0 aromatic carbocycles. The number of allylic oxidation sites excluding steroid dienone is 3. The normalized spacial score (nSPS) is 14.6. The Hall–Kier alpha value is -1.31. The molecule has 0 saturated carbocycles. The molecule has 0 aliphatic carbocycles. The Kier molecular flexibility index (Phi) is 20.6. The first kappa shape index (κ1) is 30.7. The minimum absolute atomic E-state index is 0.160. The lowest BCUT2D eigenvalue weighted by Gasteiger charge is -2.21. The number of rotatable bonds is 21. The van der Waals surface area contributed by atoms with E-state index in [2.05, 4.69) is 25.2 Å². The van der Waals surface area contributed by atoms with Crippen molar-refractivity contribution in [3.63, 3.8) is 0 Å². The van der Waals surface area contributed by atoms with Gasteiger partial charge in [-0.1, -0.05) is 95.9 Å². The van der Waals surface area contributed by atoms with Gasteiger partial charge in [0.25, 0.3) is 0 Å². The third-order valence-corrected chi connectivity index (χ3v) is 6.63. The van der Waals surface area contributed by atoms with Crippen LogP contribution in [-0.2, 0) is 9.59 Å². The third-order valence-electron chi connectivity index (χ3n) is 5.22. The van der Waals surface area contributed by atoms with Crippen LogP contribution in [0.3, 0.4) is 0 Å². The minimum atomic E-state index is -1.10. The zero-order valence-electron chi connectivity index (χ0n) is 20.1. The quantitative estimate of drug-likeness (QED) is 0.141. The predicted molar refractivity (Wildman–Crippen MR) is 136 cm³/mol. The summed E-state index contributed by atoms with van der Waals surface area (Å²) in [4.78, 5) is 22.4. The van der Waals surface area contributed by atoms with E-state index in [0.717, 1.165) is 19.3 Å². The zero-order chi connectivity index (χ0) is 24.0. The van der Waals surface area contributed by atoms with Crippen molar-refractivity contribution in [2.45, 2.75) is 108 Å². The molecule has 6 nitrogen and oxygen atoms in total. The average molecular weight is 471 g/mol. The monoisotopic (exact) mass is 470 g/mol. The molecule has 0 saturated heterocycles. The third kappa shape index (κ3) is 18.3. The molecule has 3 atom stereocenters. The van der Waals surface area contributed by atoms with Crippen LogP contribution in [0.15, 0.2) is 24.3 Å². The van der Waals surface area contributed by atoms with Crippen molar-refractivity contribution in [2.75, 3.05) is 12.3 Å². The number of aliphatic hydroxyl groups excluding tert-OH is 1. The van der Waals surface area contributed by atoms with Gasteiger partial charge < -0.3 is 21.3 Å². The number of carbonyl (C=O) groups excluding carboxylic acids is 1. The van der Waals surface area contributed by atoms with E-state index in [9.17, 15) is 14.7 Å². The number of amides is 1. The standard InChI is InChI=1S/C25H46N2O4S/c1-3-5-7-8-9-10-11-12-13-14-15-16-18-23(22(28)17-6-4-2)32-20-21(26)25(31)27-19-24(29)30/h14-16,18,21-23,28H,3-13,17,19-20,26H2,1-2H3,(H,27,31)(H,29,30)/t21?,22-,23+/m0/s1. The Morgan fingerprint density at radius 2 is 1.59 bits per heavy atom. The summed E-state index contributed by atoms with van der Waals surface area (Å²) in [6, 6.07) is -0.814. The number of hydrogen-bond donors (Lipinski definition) is 4. The van der Waals surface area contributed by atoms with Crippen LogP contribution in [0.2, 0.25) is 0 Å². The molecule has 0 aromatic rings. The second-order valence-corrected chi connectivity index (χ2v) is 9.51. The van der Waals surface area contributed by atoms with E-state index in [4.69, 9.17) is 10.8 Å². The van der Waals surface area contributed by atoms with Crippen LogP contribution in [0.5, 0.6) is 0 Å². The molecule has 0 bridgehead atoms. The summed E-state index contributed by atoms with van der Waals surface area (Å²) in [5, 5.41) is 21.3. The van der Waals surface area contributed by atoms with E-state index < -0.39 is 30.6 Å². The fraction of sp³-hybridized carbons (Fsp3) is 0.760. The lowest BCUT2D eigenvalue weighted by atomic mass is 10.1. The molecule has 0 fully saturated rings. The fourth-order valence-corrected chi connectivity index (χ4v) is 4.34. The molecular formula is C25H46N2O4S. The Morgan fingerprint density at radius 1 is 0.969 bits per heavy atom. The highest BCUT2D eigenvalue weighted by Gasteiger charge is 2.20.